The number of hydrogen-bond acceptors (Lipinski definition) is 2. The zero-order chi connectivity index (χ0) is 12.3. The van der Waals surface area contributed by atoms with E-state index in [0.717, 1.165) is 19.3 Å². The Kier molecular flexibility index (Phi) is 3.79. The first-order valence-corrected chi connectivity index (χ1v) is 5.97. The second-order valence-corrected chi connectivity index (χ2v) is 4.37. The van der Waals surface area contributed by atoms with Crippen LogP contribution in [0.15, 0.2) is 30.4 Å². The first-order valence-electron chi connectivity index (χ1n) is 5.97. The molecule has 0 aromatic heterocycles. The molecule has 0 saturated heterocycles. The molecule has 0 radical (unpaired) electrons. The molecular weight excluding hydrogens is 219 g/mol. The molecule has 2 rings (SSSR count). The van der Waals surface area contributed by atoms with Crippen molar-refractivity contribution in [1.82, 2.24) is 0 Å². The van der Waals surface area contributed by atoms with Gasteiger partial charge in [-0.3, -0.25) is 0 Å². The van der Waals surface area contributed by atoms with Crippen LogP contribution >= 0.6 is 0 Å². The molecule has 0 aliphatic heterocycles. The maximum Gasteiger partial charge on any atom is 0.128 e. The highest BCUT2D eigenvalue weighted by Crippen LogP contribution is 2.28. The molecule has 1 unspecified atom stereocenters. The lowest BCUT2D eigenvalue weighted by Gasteiger charge is -2.21. The minimum atomic E-state index is -0.654. The minimum Gasteiger partial charge on any atom is -0.486 e. The summed E-state index contributed by atoms with van der Waals surface area (Å²) in [7, 11) is 0. The number of aliphatic hydroxyl groups is 1. The second-order valence-electron chi connectivity index (χ2n) is 4.37. The third-order valence-corrected chi connectivity index (χ3v) is 2.91. The van der Waals surface area contributed by atoms with Crippen LogP contribution in [0.2, 0.25) is 0 Å². The smallest absolute Gasteiger partial charge is 0.128 e. The summed E-state index contributed by atoms with van der Waals surface area (Å²) in [5.41, 5.74) is 0.630. The highest BCUT2D eigenvalue weighted by atomic mass is 19.1. The van der Waals surface area contributed by atoms with Crippen LogP contribution in [-0.2, 0) is 0 Å². The molecule has 3 heteroatoms. The predicted molar refractivity (Wildman–Crippen MR) is 64.4 cm³/mol. The summed E-state index contributed by atoms with van der Waals surface area (Å²) in [6.07, 6.45) is 6.51. The summed E-state index contributed by atoms with van der Waals surface area (Å²) in [6.45, 7) is 1.65. The molecule has 2 atom stereocenters. The van der Waals surface area contributed by atoms with Gasteiger partial charge >= 0.3 is 0 Å². The van der Waals surface area contributed by atoms with E-state index in [-0.39, 0.29) is 11.9 Å². The van der Waals surface area contributed by atoms with Gasteiger partial charge in [0.1, 0.15) is 17.7 Å². The normalized spacial score (nSPS) is 21.2. The van der Waals surface area contributed by atoms with Gasteiger partial charge in [0.05, 0.1) is 6.10 Å². The molecule has 1 aromatic carbocycles. The van der Waals surface area contributed by atoms with Gasteiger partial charge in [-0.05, 0) is 44.4 Å². The van der Waals surface area contributed by atoms with Gasteiger partial charge in [0.15, 0.2) is 0 Å². The van der Waals surface area contributed by atoms with Crippen molar-refractivity contribution in [3.8, 4) is 5.75 Å². The topological polar surface area (TPSA) is 29.5 Å². The average molecular weight is 236 g/mol. The molecule has 0 bridgehead atoms. The molecule has 0 amide bonds. The molecular formula is C14H17FO2. The predicted octanol–water partition coefficient (Wildman–Crippen LogP) is 3.37. The first kappa shape index (κ1) is 12.1. The number of allylic oxidation sites excluding steroid dienone is 1. The Morgan fingerprint density at radius 3 is 2.94 bits per heavy atom. The van der Waals surface area contributed by atoms with Crippen molar-refractivity contribution < 1.29 is 14.2 Å². The van der Waals surface area contributed by atoms with Crippen LogP contribution in [0.25, 0.3) is 0 Å². The fourth-order valence-electron chi connectivity index (χ4n) is 2.00. The van der Waals surface area contributed by atoms with Gasteiger partial charge in [0.25, 0.3) is 0 Å². The quantitative estimate of drug-likeness (QED) is 0.815. The zero-order valence-corrected chi connectivity index (χ0v) is 9.90. The summed E-state index contributed by atoms with van der Waals surface area (Å²) in [5.74, 6) is 0.0979. The Balaban J connectivity index is 2.20. The summed E-state index contributed by atoms with van der Waals surface area (Å²) >= 11 is 0. The Morgan fingerprint density at radius 1 is 1.47 bits per heavy atom. The Labute approximate surface area is 101 Å². The van der Waals surface area contributed by atoms with E-state index in [1.165, 1.54) is 12.1 Å². The number of ether oxygens (including phenoxy) is 1. The molecule has 0 heterocycles. The summed E-state index contributed by atoms with van der Waals surface area (Å²) in [6, 6.07) is 4.25. The zero-order valence-electron chi connectivity index (χ0n) is 9.90. The number of hydrogen-bond donors (Lipinski definition) is 1. The highest BCUT2D eigenvalue weighted by Gasteiger charge is 2.15. The van der Waals surface area contributed by atoms with Crippen LogP contribution in [0.3, 0.4) is 0 Å². The van der Waals surface area contributed by atoms with Gasteiger partial charge in [-0.25, -0.2) is 4.39 Å². The Bertz CT molecular complexity index is 413. The van der Waals surface area contributed by atoms with E-state index >= 15 is 0 Å². The molecule has 92 valence electrons. The van der Waals surface area contributed by atoms with E-state index in [9.17, 15) is 9.50 Å². The number of benzene rings is 1. The molecule has 17 heavy (non-hydrogen) atoms. The second kappa shape index (κ2) is 5.32. The summed E-state index contributed by atoms with van der Waals surface area (Å²) in [4.78, 5) is 0. The SMILES string of the molecule is C[C@@H](O)c1ccc(F)cc1OC1C=CCCC1. The Morgan fingerprint density at radius 2 is 2.29 bits per heavy atom. The average Bonchev–Trinajstić information content (AvgIpc) is 2.30. The van der Waals surface area contributed by atoms with Crippen molar-refractivity contribution >= 4 is 0 Å². The van der Waals surface area contributed by atoms with Gasteiger partial charge in [-0.15, -0.1) is 0 Å². The molecule has 0 saturated carbocycles. The third-order valence-electron chi connectivity index (χ3n) is 2.91. The monoisotopic (exact) mass is 236 g/mol. The van der Waals surface area contributed by atoms with E-state index in [4.69, 9.17) is 4.74 Å². The molecule has 0 fully saturated rings. The maximum atomic E-state index is 13.2. The fourth-order valence-corrected chi connectivity index (χ4v) is 2.00. The van der Waals surface area contributed by atoms with Crippen LogP contribution in [-0.4, -0.2) is 11.2 Å². The van der Waals surface area contributed by atoms with Crippen LogP contribution in [0.5, 0.6) is 5.75 Å². The van der Waals surface area contributed by atoms with Crippen LogP contribution in [0.1, 0.15) is 37.9 Å². The first-order chi connectivity index (χ1) is 8.16. The highest BCUT2D eigenvalue weighted by molar-refractivity contribution is 5.36. The van der Waals surface area contributed by atoms with Gasteiger partial charge < -0.3 is 9.84 Å². The minimum absolute atomic E-state index is 0.0111. The molecule has 1 aromatic rings. The van der Waals surface area contributed by atoms with E-state index < -0.39 is 6.10 Å². The molecule has 2 nitrogen and oxygen atoms in total. The summed E-state index contributed by atoms with van der Waals surface area (Å²) in [5, 5.41) is 9.60. The van der Waals surface area contributed by atoms with Crippen molar-refractivity contribution in [3.63, 3.8) is 0 Å². The molecule has 1 N–H and O–H groups in total. The van der Waals surface area contributed by atoms with Crippen molar-refractivity contribution in [3.05, 3.63) is 41.7 Å². The number of aliphatic hydroxyl groups excluding tert-OH is 1. The lowest BCUT2D eigenvalue weighted by atomic mass is 10.0. The Hall–Kier alpha value is -1.35. The summed E-state index contributed by atoms with van der Waals surface area (Å²) < 4.78 is 18.9. The van der Waals surface area contributed by atoms with Crippen molar-refractivity contribution in [2.24, 2.45) is 0 Å². The van der Waals surface area contributed by atoms with Gasteiger partial charge in [0.2, 0.25) is 0 Å². The molecule has 1 aliphatic rings. The lowest BCUT2D eigenvalue weighted by molar-refractivity contribution is 0.180. The van der Waals surface area contributed by atoms with Gasteiger partial charge in [0, 0.05) is 11.6 Å². The van der Waals surface area contributed by atoms with Crippen molar-refractivity contribution in [2.75, 3.05) is 0 Å². The number of halogens is 1. The fraction of sp³-hybridized carbons (Fsp3) is 0.429. The standard InChI is InChI=1S/C14H17FO2/c1-10(16)13-8-7-11(15)9-14(13)17-12-5-3-2-4-6-12/h3,5,7-10,12,16H,2,4,6H2,1H3/t10-,12?/m1/s1. The van der Waals surface area contributed by atoms with Crippen LogP contribution in [0.4, 0.5) is 4.39 Å². The van der Waals surface area contributed by atoms with Crippen LogP contribution < -0.4 is 4.74 Å². The lowest BCUT2D eigenvalue weighted by Crippen LogP contribution is -2.17. The van der Waals surface area contributed by atoms with Gasteiger partial charge in [-0.2, -0.15) is 0 Å². The molecule has 0 spiro atoms. The number of rotatable bonds is 3. The van der Waals surface area contributed by atoms with Gasteiger partial charge in [-0.1, -0.05) is 6.08 Å². The molecule has 1 aliphatic carbocycles. The maximum absolute atomic E-state index is 13.2. The van der Waals surface area contributed by atoms with Crippen molar-refractivity contribution in [2.45, 2.75) is 38.4 Å². The largest absolute Gasteiger partial charge is 0.486 e. The van der Waals surface area contributed by atoms with E-state index in [1.807, 2.05) is 6.08 Å². The van der Waals surface area contributed by atoms with E-state index in [1.54, 1.807) is 13.0 Å². The van der Waals surface area contributed by atoms with Crippen LogP contribution in [0, 0.1) is 5.82 Å². The van der Waals surface area contributed by atoms with E-state index in [0.29, 0.717) is 11.3 Å². The third kappa shape index (κ3) is 3.07. The van der Waals surface area contributed by atoms with Crippen molar-refractivity contribution in [1.29, 1.82) is 0 Å². The van der Waals surface area contributed by atoms with E-state index in [2.05, 4.69) is 6.08 Å².